The molecule has 0 bridgehead atoms. The summed E-state index contributed by atoms with van der Waals surface area (Å²) in [6.45, 7) is 1.16. The molecule has 1 aromatic rings. The van der Waals surface area contributed by atoms with E-state index in [0.717, 1.165) is 16.6 Å². The van der Waals surface area contributed by atoms with Gasteiger partial charge in [0.05, 0.1) is 20.1 Å². The van der Waals surface area contributed by atoms with Crippen LogP contribution in [0.5, 0.6) is 0 Å². The van der Waals surface area contributed by atoms with Crippen LogP contribution in [0.15, 0.2) is 6.20 Å². The number of halogens is 1. The third-order valence-electron chi connectivity index (χ3n) is 2.75. The molecule has 1 atom stereocenters. The van der Waals surface area contributed by atoms with Gasteiger partial charge in [0.25, 0.3) is 0 Å². The lowest BCUT2D eigenvalue weighted by molar-refractivity contribution is -0.140. The maximum absolute atomic E-state index is 13.0. The number of carbonyl (C=O) groups is 1. The average molecular weight is 258 g/mol. The summed E-state index contributed by atoms with van der Waals surface area (Å²) in [4.78, 5) is 18.2. The average Bonchev–Trinajstić information content (AvgIpc) is 2.94. The number of aryl methyl sites for hydroxylation is 1. The number of ether oxygens (including phenoxy) is 1. The molecule has 94 valence electrons. The molecule has 1 aliphatic rings. The molecular formula is C11H15FN2O2S. The highest BCUT2D eigenvalue weighted by molar-refractivity contribution is 7.15. The fourth-order valence-corrected chi connectivity index (χ4v) is 2.72. The number of hydrogen-bond donors (Lipinski definition) is 0. The van der Waals surface area contributed by atoms with Crippen molar-refractivity contribution in [3.8, 4) is 0 Å². The van der Waals surface area contributed by atoms with Crippen molar-refractivity contribution in [2.75, 3.05) is 25.1 Å². The van der Waals surface area contributed by atoms with Crippen LogP contribution >= 0.6 is 11.3 Å². The molecule has 0 aromatic carbocycles. The van der Waals surface area contributed by atoms with Crippen LogP contribution in [0.25, 0.3) is 0 Å². The summed E-state index contributed by atoms with van der Waals surface area (Å²) < 4.78 is 17.6. The molecule has 0 spiro atoms. The third-order valence-corrected chi connectivity index (χ3v) is 3.86. The first-order valence-corrected chi connectivity index (χ1v) is 6.41. The molecule has 17 heavy (non-hydrogen) atoms. The van der Waals surface area contributed by atoms with Crippen molar-refractivity contribution in [1.82, 2.24) is 4.98 Å². The summed E-state index contributed by atoms with van der Waals surface area (Å²) in [5.41, 5.74) is 0. The van der Waals surface area contributed by atoms with Gasteiger partial charge in [-0.15, -0.1) is 11.3 Å². The van der Waals surface area contributed by atoms with Crippen molar-refractivity contribution >= 4 is 22.4 Å². The Morgan fingerprint density at radius 2 is 2.59 bits per heavy atom. The van der Waals surface area contributed by atoms with Crippen molar-refractivity contribution in [3.05, 3.63) is 11.1 Å². The van der Waals surface area contributed by atoms with Crippen LogP contribution in [-0.4, -0.2) is 37.3 Å². The summed E-state index contributed by atoms with van der Waals surface area (Å²) in [5.74, 6) is -0.218. The standard InChI is InChI=1S/C11H15FN2O2S/c1-16-10(15)3-2-9-6-13-11(17-9)14-5-4-8(12)7-14/h6,8H,2-5,7H2,1H3/t8-/m0/s1. The van der Waals surface area contributed by atoms with E-state index < -0.39 is 6.17 Å². The predicted octanol–water partition coefficient (Wildman–Crippen LogP) is 1.80. The van der Waals surface area contributed by atoms with Gasteiger partial charge in [0.2, 0.25) is 0 Å². The lowest BCUT2D eigenvalue weighted by atomic mass is 10.3. The molecule has 1 aromatic heterocycles. The lowest BCUT2D eigenvalue weighted by Gasteiger charge is -2.12. The Hall–Kier alpha value is -1.17. The van der Waals surface area contributed by atoms with E-state index in [4.69, 9.17) is 0 Å². The molecule has 2 rings (SSSR count). The molecule has 1 aliphatic heterocycles. The van der Waals surface area contributed by atoms with E-state index in [2.05, 4.69) is 9.72 Å². The molecule has 0 radical (unpaired) electrons. The molecule has 0 unspecified atom stereocenters. The van der Waals surface area contributed by atoms with E-state index >= 15 is 0 Å². The summed E-state index contributed by atoms with van der Waals surface area (Å²) in [6.07, 6.45) is 2.60. The van der Waals surface area contributed by atoms with Crippen molar-refractivity contribution in [2.24, 2.45) is 0 Å². The van der Waals surface area contributed by atoms with Crippen LogP contribution in [0.3, 0.4) is 0 Å². The Morgan fingerprint density at radius 3 is 3.24 bits per heavy atom. The van der Waals surface area contributed by atoms with E-state index in [9.17, 15) is 9.18 Å². The first-order chi connectivity index (χ1) is 8.19. The number of nitrogens with zero attached hydrogens (tertiary/aromatic N) is 2. The second kappa shape index (κ2) is 5.44. The first kappa shape index (κ1) is 12.3. The van der Waals surface area contributed by atoms with Gasteiger partial charge in [-0.25, -0.2) is 9.37 Å². The monoisotopic (exact) mass is 258 g/mol. The maximum atomic E-state index is 13.0. The van der Waals surface area contributed by atoms with Gasteiger partial charge in [0.1, 0.15) is 6.17 Å². The molecule has 1 fully saturated rings. The molecule has 0 aliphatic carbocycles. The quantitative estimate of drug-likeness (QED) is 0.772. The van der Waals surface area contributed by atoms with Gasteiger partial charge in [0, 0.05) is 17.6 Å². The Morgan fingerprint density at radius 1 is 1.76 bits per heavy atom. The smallest absolute Gasteiger partial charge is 0.305 e. The SMILES string of the molecule is COC(=O)CCc1cnc(N2CC[C@H](F)C2)s1. The number of anilines is 1. The first-order valence-electron chi connectivity index (χ1n) is 5.59. The predicted molar refractivity (Wildman–Crippen MR) is 64.2 cm³/mol. The molecule has 0 N–H and O–H groups in total. The molecule has 0 saturated carbocycles. The summed E-state index contributed by atoms with van der Waals surface area (Å²) in [7, 11) is 1.38. The number of esters is 1. The van der Waals surface area contributed by atoms with E-state index in [1.165, 1.54) is 18.4 Å². The van der Waals surface area contributed by atoms with Gasteiger partial charge in [-0.3, -0.25) is 4.79 Å². The highest BCUT2D eigenvalue weighted by Gasteiger charge is 2.23. The molecule has 4 nitrogen and oxygen atoms in total. The van der Waals surface area contributed by atoms with Gasteiger partial charge in [0.15, 0.2) is 5.13 Å². The van der Waals surface area contributed by atoms with Crippen molar-refractivity contribution in [1.29, 1.82) is 0 Å². The molecule has 6 heteroatoms. The van der Waals surface area contributed by atoms with Crippen molar-refractivity contribution < 1.29 is 13.9 Å². The summed E-state index contributed by atoms with van der Waals surface area (Å²) >= 11 is 1.53. The third kappa shape index (κ3) is 3.15. The number of alkyl halides is 1. The van der Waals surface area contributed by atoms with Gasteiger partial charge in [-0.2, -0.15) is 0 Å². The highest BCUT2D eigenvalue weighted by Crippen LogP contribution is 2.27. The Balaban J connectivity index is 1.89. The second-order valence-corrected chi connectivity index (χ2v) is 5.11. The minimum atomic E-state index is -0.739. The van der Waals surface area contributed by atoms with E-state index in [0.29, 0.717) is 25.8 Å². The van der Waals surface area contributed by atoms with Crippen LogP contribution in [0.1, 0.15) is 17.7 Å². The fourth-order valence-electron chi connectivity index (χ4n) is 1.78. The van der Waals surface area contributed by atoms with E-state index in [1.807, 2.05) is 4.90 Å². The minimum Gasteiger partial charge on any atom is -0.469 e. The second-order valence-electron chi connectivity index (χ2n) is 4.02. The van der Waals surface area contributed by atoms with Gasteiger partial charge in [-0.1, -0.05) is 0 Å². The summed E-state index contributed by atoms with van der Waals surface area (Å²) in [6, 6.07) is 0. The van der Waals surface area contributed by atoms with Crippen LogP contribution in [0, 0.1) is 0 Å². The van der Waals surface area contributed by atoms with Crippen molar-refractivity contribution in [2.45, 2.75) is 25.4 Å². The fraction of sp³-hybridized carbons (Fsp3) is 0.636. The van der Waals surface area contributed by atoms with Crippen LogP contribution in [0.4, 0.5) is 9.52 Å². The van der Waals surface area contributed by atoms with Crippen molar-refractivity contribution in [3.63, 3.8) is 0 Å². The number of carbonyl (C=O) groups excluding carboxylic acids is 1. The molecule has 2 heterocycles. The van der Waals surface area contributed by atoms with Crippen LogP contribution in [0.2, 0.25) is 0 Å². The van der Waals surface area contributed by atoms with Gasteiger partial charge < -0.3 is 9.64 Å². The highest BCUT2D eigenvalue weighted by atomic mass is 32.1. The number of thiazole rings is 1. The Labute approximate surface area is 103 Å². The molecule has 1 saturated heterocycles. The number of methoxy groups -OCH3 is 1. The summed E-state index contributed by atoms with van der Waals surface area (Å²) in [5, 5.41) is 0.852. The van der Waals surface area contributed by atoms with Crippen LogP contribution in [-0.2, 0) is 16.0 Å². The minimum absolute atomic E-state index is 0.218. The number of hydrogen-bond acceptors (Lipinski definition) is 5. The van der Waals surface area contributed by atoms with Gasteiger partial charge in [-0.05, 0) is 12.8 Å². The van der Waals surface area contributed by atoms with Crippen LogP contribution < -0.4 is 4.90 Å². The Kier molecular flexibility index (Phi) is 3.93. The topological polar surface area (TPSA) is 42.4 Å². The van der Waals surface area contributed by atoms with E-state index in [-0.39, 0.29) is 5.97 Å². The normalized spacial score (nSPS) is 19.6. The Bertz CT molecular complexity index is 397. The zero-order valence-corrected chi connectivity index (χ0v) is 10.5. The molecular weight excluding hydrogens is 243 g/mol. The zero-order valence-electron chi connectivity index (χ0n) is 9.69. The largest absolute Gasteiger partial charge is 0.469 e. The maximum Gasteiger partial charge on any atom is 0.305 e. The van der Waals surface area contributed by atoms with Gasteiger partial charge >= 0.3 is 5.97 Å². The molecule has 0 amide bonds. The lowest BCUT2D eigenvalue weighted by Crippen LogP contribution is -2.19. The zero-order chi connectivity index (χ0) is 12.3. The van der Waals surface area contributed by atoms with E-state index in [1.54, 1.807) is 6.20 Å². The number of aromatic nitrogens is 1. The number of rotatable bonds is 4.